The Balaban J connectivity index is 1.47. The highest BCUT2D eigenvalue weighted by molar-refractivity contribution is 5.94. The predicted molar refractivity (Wildman–Crippen MR) is 115 cm³/mol. The summed E-state index contributed by atoms with van der Waals surface area (Å²) in [6.07, 6.45) is 0.803. The van der Waals surface area contributed by atoms with Crippen molar-refractivity contribution < 1.29 is 19.1 Å². The van der Waals surface area contributed by atoms with Crippen molar-refractivity contribution in [2.75, 3.05) is 53.0 Å². The van der Waals surface area contributed by atoms with Crippen molar-refractivity contribution in [3.8, 4) is 11.5 Å². The maximum absolute atomic E-state index is 12.9. The third kappa shape index (κ3) is 6.57. The molecule has 0 radical (unpaired) electrons. The molecule has 0 aromatic heterocycles. The van der Waals surface area contributed by atoms with E-state index in [4.69, 9.17) is 9.47 Å². The lowest BCUT2D eigenvalue weighted by molar-refractivity contribution is -0.122. The van der Waals surface area contributed by atoms with Gasteiger partial charge in [0.15, 0.2) is 0 Å². The van der Waals surface area contributed by atoms with Crippen LogP contribution < -0.4 is 10.1 Å². The van der Waals surface area contributed by atoms with Gasteiger partial charge in [0.2, 0.25) is 5.91 Å². The summed E-state index contributed by atoms with van der Waals surface area (Å²) in [5, 5.41) is 2.90. The number of rotatable bonds is 9. The first-order valence-corrected chi connectivity index (χ1v) is 10.3. The SMILES string of the molecule is COCCCNC(=O)CN1CCN(C(=O)c2cccc(Oc3ccccc3)c2)CC1. The molecule has 2 amide bonds. The van der Waals surface area contributed by atoms with E-state index in [2.05, 4.69) is 10.2 Å². The fraction of sp³-hybridized carbons (Fsp3) is 0.391. The third-order valence-corrected chi connectivity index (χ3v) is 4.93. The van der Waals surface area contributed by atoms with E-state index in [1.807, 2.05) is 47.4 Å². The average molecular weight is 412 g/mol. The zero-order valence-electron chi connectivity index (χ0n) is 17.4. The van der Waals surface area contributed by atoms with Gasteiger partial charge in [-0.1, -0.05) is 24.3 Å². The molecule has 1 saturated heterocycles. The standard InChI is InChI=1S/C23H29N3O4/c1-29-16-6-11-24-22(27)18-25-12-14-26(15-13-25)23(28)19-7-5-10-21(17-19)30-20-8-3-2-4-9-20/h2-5,7-10,17H,6,11-16,18H2,1H3,(H,24,27). The number of hydrogen-bond acceptors (Lipinski definition) is 5. The van der Waals surface area contributed by atoms with E-state index in [9.17, 15) is 9.59 Å². The molecule has 30 heavy (non-hydrogen) atoms. The second-order valence-corrected chi connectivity index (χ2v) is 7.21. The number of carbonyl (C=O) groups excluding carboxylic acids is 2. The molecule has 0 atom stereocenters. The second kappa shape index (κ2) is 11.3. The number of methoxy groups -OCH3 is 1. The summed E-state index contributed by atoms with van der Waals surface area (Å²) in [6, 6.07) is 16.7. The van der Waals surface area contributed by atoms with Crippen LogP contribution in [0.3, 0.4) is 0 Å². The summed E-state index contributed by atoms with van der Waals surface area (Å²) in [7, 11) is 1.65. The quantitative estimate of drug-likeness (QED) is 0.642. The number of ether oxygens (including phenoxy) is 2. The number of piperazine rings is 1. The topological polar surface area (TPSA) is 71.1 Å². The fourth-order valence-corrected chi connectivity index (χ4v) is 3.31. The first-order valence-electron chi connectivity index (χ1n) is 10.3. The molecule has 1 N–H and O–H groups in total. The van der Waals surface area contributed by atoms with Gasteiger partial charge < -0.3 is 19.7 Å². The second-order valence-electron chi connectivity index (χ2n) is 7.21. The predicted octanol–water partition coefficient (Wildman–Crippen LogP) is 2.39. The summed E-state index contributed by atoms with van der Waals surface area (Å²) < 4.78 is 10.8. The van der Waals surface area contributed by atoms with Gasteiger partial charge in [-0.25, -0.2) is 0 Å². The highest BCUT2D eigenvalue weighted by Crippen LogP contribution is 2.22. The Labute approximate surface area is 177 Å². The normalized spacial score (nSPS) is 14.4. The minimum absolute atomic E-state index is 0.0108. The molecule has 1 aliphatic rings. The molecule has 0 bridgehead atoms. The van der Waals surface area contributed by atoms with Crippen LogP contribution in [-0.2, 0) is 9.53 Å². The van der Waals surface area contributed by atoms with Gasteiger partial charge in [0.05, 0.1) is 6.54 Å². The van der Waals surface area contributed by atoms with Crippen molar-refractivity contribution in [1.29, 1.82) is 0 Å². The number of para-hydroxylation sites is 1. The van der Waals surface area contributed by atoms with Crippen LogP contribution in [0.1, 0.15) is 16.8 Å². The molecular formula is C23H29N3O4. The lowest BCUT2D eigenvalue weighted by atomic mass is 10.1. The summed E-state index contributed by atoms with van der Waals surface area (Å²) in [5.74, 6) is 1.36. The van der Waals surface area contributed by atoms with Crippen LogP contribution >= 0.6 is 0 Å². The zero-order valence-corrected chi connectivity index (χ0v) is 17.4. The first-order chi connectivity index (χ1) is 14.7. The minimum Gasteiger partial charge on any atom is -0.457 e. The van der Waals surface area contributed by atoms with E-state index >= 15 is 0 Å². The van der Waals surface area contributed by atoms with Crippen molar-refractivity contribution >= 4 is 11.8 Å². The molecule has 7 nitrogen and oxygen atoms in total. The number of carbonyl (C=O) groups is 2. The molecule has 0 aliphatic carbocycles. The molecule has 160 valence electrons. The molecule has 2 aromatic carbocycles. The highest BCUT2D eigenvalue weighted by atomic mass is 16.5. The third-order valence-electron chi connectivity index (χ3n) is 4.93. The average Bonchev–Trinajstić information content (AvgIpc) is 2.78. The summed E-state index contributed by atoms with van der Waals surface area (Å²) in [6.45, 7) is 4.16. The molecule has 0 spiro atoms. The van der Waals surface area contributed by atoms with Crippen molar-refractivity contribution in [3.05, 3.63) is 60.2 Å². The van der Waals surface area contributed by atoms with Crippen LogP contribution in [0.5, 0.6) is 11.5 Å². The van der Waals surface area contributed by atoms with Gasteiger partial charge >= 0.3 is 0 Å². The van der Waals surface area contributed by atoms with Crippen LogP contribution in [0, 0.1) is 0 Å². The maximum atomic E-state index is 12.9. The maximum Gasteiger partial charge on any atom is 0.254 e. The van der Waals surface area contributed by atoms with Crippen LogP contribution in [0.4, 0.5) is 0 Å². The monoisotopic (exact) mass is 411 g/mol. The van der Waals surface area contributed by atoms with Gasteiger partial charge in [-0.2, -0.15) is 0 Å². The number of benzene rings is 2. The van der Waals surface area contributed by atoms with Gasteiger partial charge in [-0.15, -0.1) is 0 Å². The van der Waals surface area contributed by atoms with Gasteiger partial charge in [0.25, 0.3) is 5.91 Å². The van der Waals surface area contributed by atoms with Gasteiger partial charge in [0.1, 0.15) is 11.5 Å². The van der Waals surface area contributed by atoms with Crippen molar-refractivity contribution in [2.24, 2.45) is 0 Å². The van der Waals surface area contributed by atoms with Crippen molar-refractivity contribution in [3.63, 3.8) is 0 Å². The number of amides is 2. The molecule has 0 unspecified atom stereocenters. The van der Waals surface area contributed by atoms with E-state index in [0.29, 0.717) is 57.2 Å². The summed E-state index contributed by atoms with van der Waals surface area (Å²) in [5.41, 5.74) is 0.604. The zero-order chi connectivity index (χ0) is 21.2. The number of hydrogen-bond donors (Lipinski definition) is 1. The Hall–Kier alpha value is -2.90. The molecule has 1 fully saturated rings. The molecule has 2 aromatic rings. The Bertz CT molecular complexity index is 820. The van der Waals surface area contributed by atoms with Crippen molar-refractivity contribution in [1.82, 2.24) is 15.1 Å². The smallest absolute Gasteiger partial charge is 0.254 e. The van der Waals surface area contributed by atoms with Crippen LogP contribution in [0.15, 0.2) is 54.6 Å². The molecule has 1 aliphatic heterocycles. The van der Waals surface area contributed by atoms with Crippen LogP contribution in [-0.4, -0.2) is 74.6 Å². The van der Waals surface area contributed by atoms with E-state index in [1.54, 1.807) is 19.2 Å². The fourth-order valence-electron chi connectivity index (χ4n) is 3.31. The summed E-state index contributed by atoms with van der Waals surface area (Å²) >= 11 is 0. The molecule has 1 heterocycles. The molecule has 0 saturated carbocycles. The lowest BCUT2D eigenvalue weighted by Crippen LogP contribution is -2.51. The minimum atomic E-state index is -0.0165. The Morgan fingerprint density at radius 3 is 2.43 bits per heavy atom. The Morgan fingerprint density at radius 2 is 1.70 bits per heavy atom. The molecular weight excluding hydrogens is 382 g/mol. The van der Waals surface area contributed by atoms with Gasteiger partial charge in [-0.05, 0) is 36.8 Å². The van der Waals surface area contributed by atoms with Crippen molar-refractivity contribution in [2.45, 2.75) is 6.42 Å². The lowest BCUT2D eigenvalue weighted by Gasteiger charge is -2.34. The molecule has 7 heteroatoms. The highest BCUT2D eigenvalue weighted by Gasteiger charge is 2.23. The van der Waals surface area contributed by atoms with E-state index < -0.39 is 0 Å². The van der Waals surface area contributed by atoms with Crippen LogP contribution in [0.25, 0.3) is 0 Å². The largest absolute Gasteiger partial charge is 0.457 e. The van der Waals surface area contributed by atoms with E-state index in [1.165, 1.54) is 0 Å². The first kappa shape index (κ1) is 21.8. The van der Waals surface area contributed by atoms with E-state index in [-0.39, 0.29) is 11.8 Å². The number of nitrogens with one attached hydrogen (secondary N) is 1. The van der Waals surface area contributed by atoms with Crippen LogP contribution in [0.2, 0.25) is 0 Å². The number of nitrogens with zero attached hydrogens (tertiary/aromatic N) is 2. The Morgan fingerprint density at radius 1 is 0.967 bits per heavy atom. The van der Waals surface area contributed by atoms with Gasteiger partial charge in [-0.3, -0.25) is 14.5 Å². The van der Waals surface area contributed by atoms with Gasteiger partial charge in [0, 0.05) is 52.0 Å². The van der Waals surface area contributed by atoms with E-state index in [0.717, 1.165) is 12.2 Å². The molecule has 3 rings (SSSR count). The summed E-state index contributed by atoms with van der Waals surface area (Å²) in [4.78, 5) is 28.8. The Kier molecular flexibility index (Phi) is 8.23.